The minimum atomic E-state index is -0.602. The van der Waals surface area contributed by atoms with Crippen LogP contribution in [0, 0.1) is 5.82 Å². The van der Waals surface area contributed by atoms with Gasteiger partial charge in [-0.1, -0.05) is 6.08 Å². The number of pyridine rings is 1. The number of aromatic nitrogens is 3. The molecule has 0 saturated heterocycles. The molecule has 0 atom stereocenters. The Morgan fingerprint density at radius 3 is 2.81 bits per heavy atom. The zero-order valence-corrected chi connectivity index (χ0v) is 21.2. The number of amides is 1. The molecule has 0 radical (unpaired) electrons. The fourth-order valence-corrected chi connectivity index (χ4v) is 5.22. The molecule has 37 heavy (non-hydrogen) atoms. The molecule has 4 heterocycles. The molecular weight excluding hydrogens is 495 g/mol. The SMILES string of the molecule is COC(=O)c1cc2c(-c3cnccc3OC)cc(C3=CCCN(C(=O)CCc4nccs4)C3)c(F)c2[nH]1. The standard InChI is InChI=1S/C27H25FN4O4S/c1-35-22-7-8-29-14-20(22)18-12-17(25(28)26-19(18)13-21(31-26)27(34)36-2)16-4-3-10-32(15-16)24(33)6-5-23-30-9-11-37-23/h4,7-9,11-14,31H,3,5-6,10,15H2,1-2H3. The predicted molar refractivity (Wildman–Crippen MR) is 139 cm³/mol. The Bertz CT molecular complexity index is 1500. The summed E-state index contributed by atoms with van der Waals surface area (Å²) in [5.74, 6) is -0.536. The van der Waals surface area contributed by atoms with Gasteiger partial charge in [-0.15, -0.1) is 11.3 Å². The molecule has 4 aromatic rings. The van der Waals surface area contributed by atoms with E-state index in [1.165, 1.54) is 18.4 Å². The van der Waals surface area contributed by atoms with Crippen LogP contribution in [0.1, 0.15) is 33.9 Å². The van der Waals surface area contributed by atoms with Crippen molar-refractivity contribution in [3.8, 4) is 16.9 Å². The number of carbonyl (C=O) groups excluding carboxylic acids is 2. The number of fused-ring (bicyclic) bond motifs is 1. The number of rotatable bonds is 7. The number of aromatic amines is 1. The van der Waals surface area contributed by atoms with Crippen molar-refractivity contribution >= 4 is 39.7 Å². The summed E-state index contributed by atoms with van der Waals surface area (Å²) in [6.45, 7) is 0.857. The second-order valence-electron chi connectivity index (χ2n) is 8.58. The molecule has 190 valence electrons. The number of aryl methyl sites for hydroxylation is 1. The van der Waals surface area contributed by atoms with E-state index in [1.807, 2.05) is 11.5 Å². The van der Waals surface area contributed by atoms with Crippen LogP contribution in [0.15, 0.2) is 48.2 Å². The number of benzene rings is 1. The topological polar surface area (TPSA) is 97.4 Å². The largest absolute Gasteiger partial charge is 0.496 e. The number of nitrogens with one attached hydrogen (secondary N) is 1. The van der Waals surface area contributed by atoms with Crippen molar-refractivity contribution in [1.29, 1.82) is 0 Å². The van der Waals surface area contributed by atoms with Crippen LogP contribution < -0.4 is 4.74 Å². The number of halogens is 1. The van der Waals surface area contributed by atoms with E-state index >= 15 is 4.39 Å². The van der Waals surface area contributed by atoms with Gasteiger partial charge in [-0.25, -0.2) is 14.2 Å². The van der Waals surface area contributed by atoms with Crippen molar-refractivity contribution in [2.75, 3.05) is 27.3 Å². The Kier molecular flexibility index (Phi) is 7.00. The van der Waals surface area contributed by atoms with Crippen molar-refractivity contribution < 1.29 is 23.5 Å². The Morgan fingerprint density at radius 2 is 2.05 bits per heavy atom. The highest BCUT2D eigenvalue weighted by Crippen LogP contribution is 2.39. The molecule has 0 bridgehead atoms. The minimum absolute atomic E-state index is 0.00397. The number of hydrogen-bond acceptors (Lipinski definition) is 7. The molecule has 1 aromatic carbocycles. The molecule has 5 rings (SSSR count). The first-order chi connectivity index (χ1) is 18.0. The van der Waals surface area contributed by atoms with Crippen LogP contribution in [-0.4, -0.2) is 59.0 Å². The number of hydrogen-bond donors (Lipinski definition) is 1. The summed E-state index contributed by atoms with van der Waals surface area (Å²) >= 11 is 1.53. The first-order valence-electron chi connectivity index (χ1n) is 11.8. The van der Waals surface area contributed by atoms with Crippen LogP contribution in [0.3, 0.4) is 0 Å². The van der Waals surface area contributed by atoms with Crippen LogP contribution in [0.4, 0.5) is 4.39 Å². The molecule has 1 amide bonds. The summed E-state index contributed by atoms with van der Waals surface area (Å²) in [4.78, 5) is 38.3. The van der Waals surface area contributed by atoms with Gasteiger partial charge < -0.3 is 19.4 Å². The molecule has 0 unspecified atom stereocenters. The van der Waals surface area contributed by atoms with Gasteiger partial charge in [0.1, 0.15) is 11.4 Å². The quantitative estimate of drug-likeness (QED) is 0.349. The lowest BCUT2D eigenvalue weighted by Gasteiger charge is -2.28. The van der Waals surface area contributed by atoms with E-state index in [4.69, 9.17) is 9.47 Å². The van der Waals surface area contributed by atoms with E-state index in [2.05, 4.69) is 15.0 Å². The molecular formula is C27H25FN4O4S. The van der Waals surface area contributed by atoms with Crippen LogP contribution in [0.2, 0.25) is 0 Å². The molecule has 0 aliphatic carbocycles. The van der Waals surface area contributed by atoms with Crippen molar-refractivity contribution in [3.05, 3.63) is 70.3 Å². The third kappa shape index (κ3) is 4.84. The summed E-state index contributed by atoms with van der Waals surface area (Å²) in [6.07, 6.45) is 8.48. The first-order valence-corrected chi connectivity index (χ1v) is 12.7. The summed E-state index contributed by atoms with van der Waals surface area (Å²) < 4.78 is 26.4. The summed E-state index contributed by atoms with van der Waals surface area (Å²) in [5, 5.41) is 3.31. The molecule has 1 N–H and O–H groups in total. The molecule has 1 aliphatic heterocycles. The van der Waals surface area contributed by atoms with Gasteiger partial charge >= 0.3 is 5.97 Å². The highest BCUT2D eigenvalue weighted by atomic mass is 32.1. The summed E-state index contributed by atoms with van der Waals surface area (Å²) in [7, 11) is 2.82. The summed E-state index contributed by atoms with van der Waals surface area (Å²) in [6, 6.07) is 5.03. The Morgan fingerprint density at radius 1 is 1.19 bits per heavy atom. The zero-order valence-electron chi connectivity index (χ0n) is 20.4. The average molecular weight is 521 g/mol. The van der Waals surface area contributed by atoms with Crippen LogP contribution in [-0.2, 0) is 16.0 Å². The van der Waals surface area contributed by atoms with Gasteiger partial charge in [0.15, 0.2) is 5.82 Å². The molecule has 0 fully saturated rings. The second-order valence-corrected chi connectivity index (χ2v) is 9.56. The fourth-order valence-electron chi connectivity index (χ4n) is 4.60. The van der Waals surface area contributed by atoms with Gasteiger partial charge in [0, 0.05) is 66.4 Å². The molecule has 8 nitrogen and oxygen atoms in total. The van der Waals surface area contributed by atoms with E-state index in [0.717, 1.165) is 5.01 Å². The molecule has 1 aliphatic rings. The van der Waals surface area contributed by atoms with Gasteiger partial charge in [0.2, 0.25) is 5.91 Å². The molecule has 0 spiro atoms. The maximum Gasteiger partial charge on any atom is 0.354 e. The van der Waals surface area contributed by atoms with Crippen LogP contribution in [0.25, 0.3) is 27.6 Å². The number of carbonyl (C=O) groups is 2. The van der Waals surface area contributed by atoms with Crippen LogP contribution in [0.5, 0.6) is 5.75 Å². The Hall–Kier alpha value is -4.05. The molecule has 3 aromatic heterocycles. The highest BCUT2D eigenvalue weighted by Gasteiger charge is 2.25. The van der Waals surface area contributed by atoms with E-state index < -0.39 is 11.8 Å². The van der Waals surface area contributed by atoms with E-state index in [0.29, 0.717) is 59.2 Å². The Balaban J connectivity index is 1.54. The zero-order chi connectivity index (χ0) is 25.9. The lowest BCUT2D eigenvalue weighted by molar-refractivity contribution is -0.130. The van der Waals surface area contributed by atoms with Gasteiger partial charge in [0.05, 0.1) is 24.7 Å². The summed E-state index contributed by atoms with van der Waals surface area (Å²) in [5.41, 5.74) is 2.66. The van der Waals surface area contributed by atoms with E-state index in [9.17, 15) is 9.59 Å². The fraction of sp³-hybridized carbons (Fsp3) is 0.259. The second kappa shape index (κ2) is 10.5. The smallest absolute Gasteiger partial charge is 0.354 e. The minimum Gasteiger partial charge on any atom is -0.496 e. The monoisotopic (exact) mass is 520 g/mol. The number of thiazole rings is 1. The lowest BCUT2D eigenvalue weighted by Crippen LogP contribution is -2.35. The number of nitrogens with zero attached hydrogens (tertiary/aromatic N) is 3. The van der Waals surface area contributed by atoms with Crippen molar-refractivity contribution in [1.82, 2.24) is 19.9 Å². The number of esters is 1. The third-order valence-corrected chi connectivity index (χ3v) is 7.27. The van der Waals surface area contributed by atoms with Crippen molar-refractivity contribution in [2.45, 2.75) is 19.3 Å². The average Bonchev–Trinajstić information content (AvgIpc) is 3.62. The van der Waals surface area contributed by atoms with Crippen molar-refractivity contribution in [2.24, 2.45) is 0 Å². The van der Waals surface area contributed by atoms with E-state index in [1.54, 1.807) is 48.8 Å². The van der Waals surface area contributed by atoms with Crippen LogP contribution >= 0.6 is 11.3 Å². The number of methoxy groups -OCH3 is 2. The first kappa shape index (κ1) is 24.6. The third-order valence-electron chi connectivity index (χ3n) is 6.43. The molecule has 10 heteroatoms. The number of H-pyrrole nitrogens is 1. The van der Waals surface area contributed by atoms with Gasteiger partial charge in [0.25, 0.3) is 0 Å². The van der Waals surface area contributed by atoms with E-state index in [-0.39, 0.29) is 23.7 Å². The van der Waals surface area contributed by atoms with Gasteiger partial charge in [-0.2, -0.15) is 0 Å². The predicted octanol–water partition coefficient (Wildman–Crippen LogP) is 4.87. The molecule has 0 saturated carbocycles. The van der Waals surface area contributed by atoms with Gasteiger partial charge in [-0.05, 0) is 35.8 Å². The highest BCUT2D eigenvalue weighted by molar-refractivity contribution is 7.09. The Labute approximate surface area is 216 Å². The maximum absolute atomic E-state index is 16.0. The number of ether oxygens (including phenoxy) is 2. The lowest BCUT2D eigenvalue weighted by atomic mass is 9.93. The van der Waals surface area contributed by atoms with Gasteiger partial charge in [-0.3, -0.25) is 9.78 Å². The normalized spacial score (nSPS) is 13.5. The maximum atomic E-state index is 16.0. The van der Waals surface area contributed by atoms with Crippen molar-refractivity contribution in [3.63, 3.8) is 0 Å².